The molecule has 0 radical (unpaired) electrons. The van der Waals surface area contributed by atoms with Crippen molar-refractivity contribution in [1.82, 2.24) is 10.2 Å². The summed E-state index contributed by atoms with van der Waals surface area (Å²) in [4.78, 5) is 27.0. The molecule has 4 rings (SSSR count). The Morgan fingerprint density at radius 1 is 1.17 bits per heavy atom. The molecule has 1 saturated heterocycles. The maximum atomic E-state index is 13.2. The second-order valence-electron chi connectivity index (χ2n) is 8.05. The molecule has 2 aromatic rings. The van der Waals surface area contributed by atoms with Crippen molar-refractivity contribution in [3.05, 3.63) is 64.7 Å². The van der Waals surface area contributed by atoms with Crippen molar-refractivity contribution in [3.63, 3.8) is 0 Å². The van der Waals surface area contributed by atoms with E-state index in [9.17, 15) is 14.7 Å². The largest absolute Gasteiger partial charge is 0.491 e. The van der Waals surface area contributed by atoms with Gasteiger partial charge in [0.1, 0.15) is 24.0 Å². The van der Waals surface area contributed by atoms with Crippen LogP contribution in [0.3, 0.4) is 0 Å². The van der Waals surface area contributed by atoms with Crippen LogP contribution in [0.25, 0.3) is 0 Å². The van der Waals surface area contributed by atoms with Crippen LogP contribution in [0.1, 0.15) is 35.1 Å². The molecule has 1 spiro atoms. The number of carbonyl (C=O) groups excluding carboxylic acids is 2. The molecule has 1 heterocycles. The molecule has 6 nitrogen and oxygen atoms in total. The molecule has 0 unspecified atom stereocenters. The SMILES string of the molecule is Cc1cc(C)cc(OC[C@H](O)CN2C(=O)N[C@@]3(CCCc4ccccc43)C2=O)c1. The fraction of sp³-hybridized carbons (Fsp3) is 0.391. The fourth-order valence-corrected chi connectivity index (χ4v) is 4.45. The molecule has 0 bridgehead atoms. The maximum Gasteiger partial charge on any atom is 0.325 e. The molecule has 0 aromatic heterocycles. The first kappa shape index (κ1) is 19.5. The van der Waals surface area contributed by atoms with Gasteiger partial charge in [-0.15, -0.1) is 0 Å². The highest BCUT2D eigenvalue weighted by Crippen LogP contribution is 2.39. The summed E-state index contributed by atoms with van der Waals surface area (Å²) in [7, 11) is 0. The van der Waals surface area contributed by atoms with Crippen molar-refractivity contribution in [3.8, 4) is 5.75 Å². The van der Waals surface area contributed by atoms with Crippen LogP contribution in [0.2, 0.25) is 0 Å². The zero-order valence-corrected chi connectivity index (χ0v) is 16.8. The maximum absolute atomic E-state index is 13.2. The molecular weight excluding hydrogens is 368 g/mol. The lowest BCUT2D eigenvalue weighted by Crippen LogP contribution is -2.47. The number of hydrogen-bond donors (Lipinski definition) is 2. The third-order valence-electron chi connectivity index (χ3n) is 5.68. The summed E-state index contributed by atoms with van der Waals surface area (Å²) in [5, 5.41) is 13.3. The van der Waals surface area contributed by atoms with Gasteiger partial charge in [-0.3, -0.25) is 9.69 Å². The summed E-state index contributed by atoms with van der Waals surface area (Å²) in [5.41, 5.74) is 3.09. The lowest BCUT2D eigenvalue weighted by Gasteiger charge is -2.33. The van der Waals surface area contributed by atoms with E-state index in [2.05, 4.69) is 5.32 Å². The first-order valence-corrected chi connectivity index (χ1v) is 10.0. The first-order valence-electron chi connectivity index (χ1n) is 10.0. The Morgan fingerprint density at radius 3 is 2.66 bits per heavy atom. The summed E-state index contributed by atoms with van der Waals surface area (Å²) in [6.45, 7) is 3.86. The number of urea groups is 1. The summed E-state index contributed by atoms with van der Waals surface area (Å²) < 4.78 is 5.68. The van der Waals surface area contributed by atoms with Gasteiger partial charge in [-0.25, -0.2) is 4.79 Å². The van der Waals surface area contributed by atoms with Crippen LogP contribution in [-0.2, 0) is 16.8 Å². The normalized spacial score (nSPS) is 21.8. The quantitative estimate of drug-likeness (QED) is 0.765. The predicted molar refractivity (Wildman–Crippen MR) is 109 cm³/mol. The van der Waals surface area contributed by atoms with Crippen molar-refractivity contribution < 1.29 is 19.4 Å². The number of nitrogens with one attached hydrogen (secondary N) is 1. The highest BCUT2D eigenvalue weighted by atomic mass is 16.5. The molecule has 1 aliphatic heterocycles. The number of rotatable bonds is 5. The molecular formula is C23H26N2O4. The van der Waals surface area contributed by atoms with Crippen LogP contribution >= 0.6 is 0 Å². The smallest absolute Gasteiger partial charge is 0.325 e. The Kier molecular flexibility index (Phi) is 5.04. The second-order valence-corrected chi connectivity index (χ2v) is 8.05. The van der Waals surface area contributed by atoms with E-state index in [1.54, 1.807) is 0 Å². The van der Waals surface area contributed by atoms with Gasteiger partial charge in [0.25, 0.3) is 5.91 Å². The Balaban J connectivity index is 1.46. The molecule has 0 saturated carbocycles. The Hall–Kier alpha value is -2.86. The van der Waals surface area contributed by atoms with Crippen molar-refractivity contribution in [1.29, 1.82) is 0 Å². The van der Waals surface area contributed by atoms with Crippen LogP contribution in [0.15, 0.2) is 42.5 Å². The van der Waals surface area contributed by atoms with Gasteiger partial charge in [0, 0.05) is 0 Å². The van der Waals surface area contributed by atoms with Crippen LogP contribution in [0, 0.1) is 13.8 Å². The minimum absolute atomic E-state index is 0.00351. The minimum atomic E-state index is -1.01. The average molecular weight is 394 g/mol. The third kappa shape index (κ3) is 3.60. The zero-order chi connectivity index (χ0) is 20.6. The lowest BCUT2D eigenvalue weighted by atomic mass is 9.76. The zero-order valence-electron chi connectivity index (χ0n) is 16.8. The number of amides is 3. The molecule has 2 N–H and O–H groups in total. The number of ether oxygens (including phenoxy) is 1. The van der Waals surface area contributed by atoms with E-state index in [0.717, 1.165) is 40.0 Å². The van der Waals surface area contributed by atoms with Crippen molar-refractivity contribution in [2.45, 2.75) is 44.8 Å². The van der Waals surface area contributed by atoms with Crippen molar-refractivity contribution >= 4 is 11.9 Å². The number of imide groups is 1. The highest BCUT2D eigenvalue weighted by molar-refractivity contribution is 6.07. The monoisotopic (exact) mass is 394 g/mol. The Morgan fingerprint density at radius 2 is 1.90 bits per heavy atom. The topological polar surface area (TPSA) is 78.9 Å². The molecule has 2 atom stereocenters. The average Bonchev–Trinajstić information content (AvgIpc) is 2.91. The number of aliphatic hydroxyl groups excluding tert-OH is 1. The number of aryl methyl sites for hydroxylation is 3. The fourth-order valence-electron chi connectivity index (χ4n) is 4.45. The van der Waals surface area contributed by atoms with Crippen LogP contribution in [0.5, 0.6) is 5.75 Å². The van der Waals surface area contributed by atoms with E-state index in [1.165, 1.54) is 0 Å². The molecule has 6 heteroatoms. The number of β-amino-alcohol motifs (C(OH)–C–C–N with tert-alkyl or cyclic N) is 1. The number of hydrogen-bond acceptors (Lipinski definition) is 4. The highest BCUT2D eigenvalue weighted by Gasteiger charge is 2.54. The molecule has 29 heavy (non-hydrogen) atoms. The van der Waals surface area contributed by atoms with Gasteiger partial charge in [-0.2, -0.15) is 0 Å². The van der Waals surface area contributed by atoms with E-state index in [-0.39, 0.29) is 19.1 Å². The molecule has 3 amide bonds. The van der Waals surface area contributed by atoms with Gasteiger partial charge in [0.2, 0.25) is 0 Å². The molecule has 2 aliphatic rings. The standard InChI is InChI=1S/C23H26N2O4/c1-15-10-16(2)12-19(11-15)29-14-18(26)13-25-21(27)23(24-22(25)28)9-5-7-17-6-3-4-8-20(17)23/h3-4,6,8,10-12,18,26H,5,7,9,13-14H2,1-2H3,(H,24,28)/t18-,23-/m1/s1. The summed E-state index contributed by atoms with van der Waals surface area (Å²) >= 11 is 0. The van der Waals surface area contributed by atoms with Crippen molar-refractivity contribution in [2.24, 2.45) is 0 Å². The summed E-state index contributed by atoms with van der Waals surface area (Å²) in [5.74, 6) is 0.372. The number of nitrogens with zero attached hydrogens (tertiary/aromatic N) is 1. The second kappa shape index (κ2) is 7.52. The molecule has 1 fully saturated rings. The van der Waals surface area contributed by atoms with Gasteiger partial charge in [0.15, 0.2) is 0 Å². The number of benzene rings is 2. The van der Waals surface area contributed by atoms with Crippen molar-refractivity contribution in [2.75, 3.05) is 13.2 Å². The van der Waals surface area contributed by atoms with Crippen LogP contribution in [0.4, 0.5) is 4.79 Å². The van der Waals surface area contributed by atoms with E-state index in [4.69, 9.17) is 4.74 Å². The third-order valence-corrected chi connectivity index (χ3v) is 5.68. The summed E-state index contributed by atoms with van der Waals surface area (Å²) in [6, 6.07) is 13.1. The Bertz CT molecular complexity index is 937. The summed E-state index contributed by atoms with van der Waals surface area (Å²) in [6.07, 6.45) is 1.32. The lowest BCUT2D eigenvalue weighted by molar-refractivity contribution is -0.133. The molecule has 1 aliphatic carbocycles. The van der Waals surface area contributed by atoms with Gasteiger partial charge in [-0.05, 0) is 67.5 Å². The van der Waals surface area contributed by atoms with Gasteiger partial charge < -0.3 is 15.2 Å². The van der Waals surface area contributed by atoms with E-state index in [0.29, 0.717) is 12.2 Å². The molecule has 152 valence electrons. The molecule has 2 aromatic carbocycles. The Labute approximate surface area is 170 Å². The van der Waals surface area contributed by atoms with Crippen LogP contribution < -0.4 is 10.1 Å². The predicted octanol–water partition coefficient (Wildman–Crippen LogP) is 2.83. The van der Waals surface area contributed by atoms with E-state index < -0.39 is 17.7 Å². The van der Waals surface area contributed by atoms with E-state index in [1.807, 2.05) is 56.3 Å². The number of fused-ring (bicyclic) bond motifs is 2. The first-order chi connectivity index (χ1) is 13.9. The number of carbonyl (C=O) groups is 2. The van der Waals surface area contributed by atoms with Gasteiger partial charge >= 0.3 is 6.03 Å². The van der Waals surface area contributed by atoms with Gasteiger partial charge in [-0.1, -0.05) is 30.3 Å². The van der Waals surface area contributed by atoms with E-state index >= 15 is 0 Å². The van der Waals surface area contributed by atoms with Crippen LogP contribution in [-0.4, -0.2) is 41.2 Å². The number of aliphatic hydroxyl groups is 1. The van der Waals surface area contributed by atoms with Gasteiger partial charge in [0.05, 0.1) is 6.54 Å². The minimum Gasteiger partial charge on any atom is -0.491 e.